The largest absolute Gasteiger partial charge is 0.369 e. The zero-order valence-electron chi connectivity index (χ0n) is 11.8. The zero-order valence-corrected chi connectivity index (χ0v) is 12.6. The van der Waals surface area contributed by atoms with Crippen molar-refractivity contribution in [3.63, 3.8) is 0 Å². The first-order valence-electron chi connectivity index (χ1n) is 6.99. The lowest BCUT2D eigenvalue weighted by Gasteiger charge is -2.14. The molecule has 0 radical (unpaired) electrons. The van der Waals surface area contributed by atoms with Crippen LogP contribution in [0.2, 0.25) is 0 Å². The third-order valence-corrected chi connectivity index (χ3v) is 4.95. The Morgan fingerprint density at radius 3 is 2.55 bits per heavy atom. The van der Waals surface area contributed by atoms with Crippen LogP contribution in [0.25, 0.3) is 10.4 Å². The van der Waals surface area contributed by atoms with E-state index in [0.29, 0.717) is 24.4 Å². The van der Waals surface area contributed by atoms with Gasteiger partial charge in [0.25, 0.3) is 5.91 Å². The van der Waals surface area contributed by atoms with Crippen molar-refractivity contribution in [3.05, 3.63) is 47.1 Å². The maximum Gasteiger partial charge on any atom is 0.263 e. The third-order valence-electron chi connectivity index (χ3n) is 3.82. The summed E-state index contributed by atoms with van der Waals surface area (Å²) in [4.78, 5) is 26.8. The van der Waals surface area contributed by atoms with Gasteiger partial charge in [0.1, 0.15) is 5.82 Å². The van der Waals surface area contributed by atoms with Crippen molar-refractivity contribution in [1.82, 2.24) is 4.90 Å². The van der Waals surface area contributed by atoms with Gasteiger partial charge in [-0.1, -0.05) is 12.1 Å². The molecule has 1 aliphatic rings. The Balaban J connectivity index is 1.75. The Hall–Kier alpha value is -2.21. The van der Waals surface area contributed by atoms with Crippen LogP contribution in [0.15, 0.2) is 36.4 Å². The van der Waals surface area contributed by atoms with E-state index in [9.17, 15) is 14.0 Å². The molecule has 0 aliphatic carbocycles. The molecular formula is C16H15FN2O2S. The van der Waals surface area contributed by atoms with Gasteiger partial charge in [-0.15, -0.1) is 11.3 Å². The molecule has 2 amide bonds. The third kappa shape index (κ3) is 2.87. The van der Waals surface area contributed by atoms with Gasteiger partial charge >= 0.3 is 0 Å². The lowest BCUT2D eigenvalue weighted by atomic mass is 10.1. The fourth-order valence-electron chi connectivity index (χ4n) is 2.55. The van der Waals surface area contributed by atoms with E-state index in [1.165, 1.54) is 23.5 Å². The number of likely N-dealkylation sites (tertiary alicyclic amines) is 1. The van der Waals surface area contributed by atoms with E-state index in [2.05, 4.69) is 0 Å². The lowest BCUT2D eigenvalue weighted by molar-refractivity contribution is -0.121. The van der Waals surface area contributed by atoms with E-state index in [1.54, 1.807) is 23.1 Å². The SMILES string of the molecule is NC(=O)[C@H]1CCN(C(=O)c2ccc(-c3ccc(F)cc3)s2)C1. The minimum absolute atomic E-state index is 0.0814. The Morgan fingerprint density at radius 2 is 1.91 bits per heavy atom. The van der Waals surface area contributed by atoms with Gasteiger partial charge in [0.2, 0.25) is 5.91 Å². The molecule has 1 fully saturated rings. The summed E-state index contributed by atoms with van der Waals surface area (Å²) >= 11 is 1.37. The highest BCUT2D eigenvalue weighted by Crippen LogP contribution is 2.30. The van der Waals surface area contributed by atoms with Crippen LogP contribution in [0.3, 0.4) is 0 Å². The van der Waals surface area contributed by atoms with Crippen LogP contribution in [-0.2, 0) is 4.79 Å². The number of thiophene rings is 1. The van der Waals surface area contributed by atoms with Crippen molar-refractivity contribution in [2.75, 3.05) is 13.1 Å². The maximum absolute atomic E-state index is 12.9. The van der Waals surface area contributed by atoms with E-state index in [1.807, 2.05) is 6.07 Å². The van der Waals surface area contributed by atoms with Crippen LogP contribution in [0.4, 0.5) is 4.39 Å². The molecule has 0 spiro atoms. The molecule has 22 heavy (non-hydrogen) atoms. The van der Waals surface area contributed by atoms with Crippen molar-refractivity contribution in [2.24, 2.45) is 11.7 Å². The standard InChI is InChI=1S/C16H15FN2O2S/c17-12-3-1-10(2-4-12)13-5-6-14(22-13)16(21)19-8-7-11(9-19)15(18)20/h1-6,11H,7-9H2,(H2,18,20)/t11-/m0/s1. The summed E-state index contributed by atoms with van der Waals surface area (Å²) < 4.78 is 12.9. The first kappa shape index (κ1) is 14.7. The number of carbonyl (C=O) groups excluding carboxylic acids is 2. The number of halogens is 1. The predicted octanol–water partition coefficient (Wildman–Crippen LogP) is 2.50. The molecule has 0 bridgehead atoms. The minimum atomic E-state index is -0.353. The second-order valence-electron chi connectivity index (χ2n) is 5.31. The number of carbonyl (C=O) groups is 2. The van der Waals surface area contributed by atoms with Crippen LogP contribution in [0.1, 0.15) is 16.1 Å². The van der Waals surface area contributed by atoms with Crippen LogP contribution < -0.4 is 5.73 Å². The number of nitrogens with two attached hydrogens (primary N) is 1. The van der Waals surface area contributed by atoms with E-state index in [4.69, 9.17) is 5.73 Å². The highest BCUT2D eigenvalue weighted by atomic mass is 32.1. The zero-order chi connectivity index (χ0) is 15.7. The van der Waals surface area contributed by atoms with E-state index >= 15 is 0 Å². The second-order valence-corrected chi connectivity index (χ2v) is 6.39. The Bertz CT molecular complexity index is 711. The average Bonchev–Trinajstić information content (AvgIpc) is 3.17. The normalized spacial score (nSPS) is 17.7. The summed E-state index contributed by atoms with van der Waals surface area (Å²) in [6.07, 6.45) is 0.622. The molecule has 3 rings (SSSR count). The van der Waals surface area contributed by atoms with Crippen molar-refractivity contribution in [3.8, 4) is 10.4 Å². The van der Waals surface area contributed by atoms with Crippen LogP contribution in [0, 0.1) is 11.7 Å². The number of hydrogen-bond donors (Lipinski definition) is 1. The average molecular weight is 318 g/mol. The highest BCUT2D eigenvalue weighted by Gasteiger charge is 2.30. The number of rotatable bonds is 3. The first-order valence-corrected chi connectivity index (χ1v) is 7.80. The molecular weight excluding hydrogens is 303 g/mol. The van der Waals surface area contributed by atoms with Crippen LogP contribution in [0.5, 0.6) is 0 Å². The molecule has 4 nitrogen and oxygen atoms in total. The summed E-state index contributed by atoms with van der Waals surface area (Å²) in [7, 11) is 0. The molecule has 1 aromatic heterocycles. The van der Waals surface area contributed by atoms with Gasteiger partial charge in [0, 0.05) is 18.0 Å². The summed E-state index contributed by atoms with van der Waals surface area (Å²) in [6.45, 7) is 0.939. The van der Waals surface area contributed by atoms with Gasteiger partial charge in [-0.25, -0.2) is 4.39 Å². The first-order chi connectivity index (χ1) is 10.5. The monoisotopic (exact) mass is 318 g/mol. The molecule has 0 unspecified atom stereocenters. The van der Waals surface area contributed by atoms with Crippen molar-refractivity contribution < 1.29 is 14.0 Å². The second kappa shape index (κ2) is 5.88. The molecule has 114 valence electrons. The summed E-state index contributed by atoms with van der Waals surface area (Å²) in [6, 6.07) is 9.79. The topological polar surface area (TPSA) is 63.4 Å². The van der Waals surface area contributed by atoms with Gasteiger partial charge in [0.15, 0.2) is 0 Å². The fourth-order valence-corrected chi connectivity index (χ4v) is 3.53. The van der Waals surface area contributed by atoms with E-state index in [-0.39, 0.29) is 23.5 Å². The number of hydrogen-bond acceptors (Lipinski definition) is 3. The molecule has 1 atom stereocenters. The molecule has 1 aliphatic heterocycles. The molecule has 2 N–H and O–H groups in total. The molecule has 2 aromatic rings. The van der Waals surface area contributed by atoms with Crippen molar-refractivity contribution >= 4 is 23.2 Å². The van der Waals surface area contributed by atoms with E-state index in [0.717, 1.165) is 10.4 Å². The number of primary amides is 1. The maximum atomic E-state index is 12.9. The summed E-state index contributed by atoms with van der Waals surface area (Å²) in [5.74, 6) is -0.970. The predicted molar refractivity (Wildman–Crippen MR) is 82.9 cm³/mol. The fraction of sp³-hybridized carbons (Fsp3) is 0.250. The molecule has 0 saturated carbocycles. The van der Waals surface area contributed by atoms with Gasteiger partial charge < -0.3 is 10.6 Å². The van der Waals surface area contributed by atoms with Gasteiger partial charge in [-0.05, 0) is 36.2 Å². The van der Waals surface area contributed by atoms with Gasteiger partial charge in [-0.3, -0.25) is 9.59 Å². The highest BCUT2D eigenvalue weighted by molar-refractivity contribution is 7.17. The minimum Gasteiger partial charge on any atom is -0.369 e. The Kier molecular flexibility index (Phi) is 3.94. The smallest absolute Gasteiger partial charge is 0.263 e. The number of amides is 2. The molecule has 2 heterocycles. The van der Waals surface area contributed by atoms with Crippen molar-refractivity contribution in [2.45, 2.75) is 6.42 Å². The van der Waals surface area contributed by atoms with Gasteiger partial charge in [-0.2, -0.15) is 0 Å². The molecule has 6 heteroatoms. The van der Waals surface area contributed by atoms with Crippen LogP contribution in [-0.4, -0.2) is 29.8 Å². The summed E-state index contributed by atoms with van der Waals surface area (Å²) in [5.41, 5.74) is 6.16. The molecule has 1 aromatic carbocycles. The van der Waals surface area contributed by atoms with E-state index < -0.39 is 0 Å². The Labute approximate surface area is 131 Å². The number of nitrogens with zero attached hydrogens (tertiary/aromatic N) is 1. The van der Waals surface area contributed by atoms with Crippen molar-refractivity contribution in [1.29, 1.82) is 0 Å². The Morgan fingerprint density at radius 1 is 1.18 bits per heavy atom. The lowest BCUT2D eigenvalue weighted by Crippen LogP contribution is -2.31. The quantitative estimate of drug-likeness (QED) is 0.945. The van der Waals surface area contributed by atoms with Gasteiger partial charge in [0.05, 0.1) is 10.8 Å². The number of benzene rings is 1. The summed E-state index contributed by atoms with van der Waals surface area (Å²) in [5, 5.41) is 0. The molecule has 1 saturated heterocycles. The van der Waals surface area contributed by atoms with Crippen LogP contribution >= 0.6 is 11.3 Å².